The van der Waals surface area contributed by atoms with Crippen LogP contribution in [-0.4, -0.2) is 45.6 Å². The Kier molecular flexibility index (Phi) is 3.14. The van der Waals surface area contributed by atoms with Crippen LogP contribution in [0.5, 0.6) is 0 Å². The van der Waals surface area contributed by atoms with Crippen LogP contribution in [0.4, 0.5) is 0 Å². The summed E-state index contributed by atoms with van der Waals surface area (Å²) in [5.41, 5.74) is -2.13. The van der Waals surface area contributed by atoms with E-state index in [-0.39, 0.29) is 18.7 Å². The van der Waals surface area contributed by atoms with Gasteiger partial charge >= 0.3 is 5.97 Å². The molecule has 4 N–H and O–H groups in total. The van der Waals surface area contributed by atoms with Gasteiger partial charge in [-0.15, -0.1) is 0 Å². The van der Waals surface area contributed by atoms with Crippen LogP contribution in [0, 0.1) is 0 Å². The van der Waals surface area contributed by atoms with Crippen molar-refractivity contribution in [2.75, 3.05) is 13.2 Å². The van der Waals surface area contributed by atoms with Gasteiger partial charge in [-0.2, -0.15) is 0 Å². The van der Waals surface area contributed by atoms with Crippen molar-refractivity contribution in [3.63, 3.8) is 0 Å². The first-order valence-electron chi connectivity index (χ1n) is 4.74. The van der Waals surface area contributed by atoms with E-state index in [1.54, 1.807) is 0 Å². The van der Waals surface area contributed by atoms with Crippen molar-refractivity contribution < 1.29 is 20.1 Å². The molecule has 0 radical (unpaired) electrons. The standard InChI is InChI=1S/C9H17NO4/c1-8(14,7(12)13)5-10-9(6-11)3-2-4-9/h10-11,14H,2-6H2,1H3,(H,12,13). The molecule has 0 spiro atoms. The van der Waals surface area contributed by atoms with E-state index in [1.165, 1.54) is 6.92 Å². The number of hydrogen-bond acceptors (Lipinski definition) is 4. The maximum atomic E-state index is 10.6. The number of carboxylic acid groups (broad SMARTS) is 1. The first-order chi connectivity index (χ1) is 6.42. The fourth-order valence-corrected chi connectivity index (χ4v) is 1.43. The summed E-state index contributed by atoms with van der Waals surface area (Å²) in [5.74, 6) is -1.25. The molecule has 5 nitrogen and oxygen atoms in total. The van der Waals surface area contributed by atoms with E-state index < -0.39 is 11.6 Å². The van der Waals surface area contributed by atoms with E-state index in [1.807, 2.05) is 0 Å². The topological polar surface area (TPSA) is 89.8 Å². The Morgan fingerprint density at radius 3 is 2.43 bits per heavy atom. The van der Waals surface area contributed by atoms with Crippen molar-refractivity contribution in [1.82, 2.24) is 5.32 Å². The summed E-state index contributed by atoms with van der Waals surface area (Å²) >= 11 is 0. The smallest absolute Gasteiger partial charge is 0.336 e. The van der Waals surface area contributed by atoms with Gasteiger partial charge in [-0.1, -0.05) is 0 Å². The number of hydrogen-bond donors (Lipinski definition) is 4. The van der Waals surface area contributed by atoms with Gasteiger partial charge in [-0.05, 0) is 26.2 Å². The summed E-state index contributed by atoms with van der Waals surface area (Å²) in [6.45, 7) is 1.19. The number of aliphatic carboxylic acids is 1. The highest BCUT2D eigenvalue weighted by molar-refractivity contribution is 5.76. The van der Waals surface area contributed by atoms with Crippen molar-refractivity contribution in [2.45, 2.75) is 37.3 Å². The molecule has 0 amide bonds. The zero-order valence-electron chi connectivity index (χ0n) is 8.29. The second kappa shape index (κ2) is 3.84. The molecule has 82 valence electrons. The Hall–Kier alpha value is -0.650. The fourth-order valence-electron chi connectivity index (χ4n) is 1.43. The minimum Gasteiger partial charge on any atom is -0.479 e. The van der Waals surface area contributed by atoms with Crippen LogP contribution >= 0.6 is 0 Å². The Morgan fingerprint density at radius 2 is 2.14 bits per heavy atom. The molecule has 1 unspecified atom stereocenters. The molecule has 0 heterocycles. The van der Waals surface area contributed by atoms with Crippen LogP contribution in [0.15, 0.2) is 0 Å². The lowest BCUT2D eigenvalue weighted by atomic mass is 9.77. The van der Waals surface area contributed by atoms with Crippen molar-refractivity contribution in [3.05, 3.63) is 0 Å². The van der Waals surface area contributed by atoms with Gasteiger partial charge in [0.05, 0.1) is 6.61 Å². The highest BCUT2D eigenvalue weighted by Crippen LogP contribution is 2.31. The first-order valence-corrected chi connectivity index (χ1v) is 4.74. The highest BCUT2D eigenvalue weighted by atomic mass is 16.4. The number of nitrogens with one attached hydrogen (secondary N) is 1. The van der Waals surface area contributed by atoms with E-state index in [0.29, 0.717) is 0 Å². The SMILES string of the molecule is CC(O)(CNC1(CO)CCC1)C(=O)O. The van der Waals surface area contributed by atoms with Gasteiger partial charge in [0.1, 0.15) is 0 Å². The zero-order valence-corrected chi connectivity index (χ0v) is 8.29. The number of rotatable bonds is 5. The predicted molar refractivity (Wildman–Crippen MR) is 49.9 cm³/mol. The van der Waals surface area contributed by atoms with E-state index in [9.17, 15) is 9.90 Å². The minimum absolute atomic E-state index is 0.0112. The molecule has 1 aliphatic rings. The minimum atomic E-state index is -1.77. The summed E-state index contributed by atoms with van der Waals surface area (Å²) in [6, 6.07) is 0. The van der Waals surface area contributed by atoms with Crippen molar-refractivity contribution >= 4 is 5.97 Å². The predicted octanol–water partition coefficient (Wildman–Crippen LogP) is -0.673. The van der Waals surface area contributed by atoms with Gasteiger partial charge < -0.3 is 20.6 Å². The molecule has 0 aromatic carbocycles. The number of β-amino-alcohol motifs (C(OH)–C–C–N with tert-alkyl or cyclic N) is 1. The van der Waals surface area contributed by atoms with Gasteiger partial charge in [0.25, 0.3) is 0 Å². The average Bonchev–Trinajstić information content (AvgIpc) is 2.02. The molecule has 0 saturated heterocycles. The third kappa shape index (κ3) is 2.23. The lowest BCUT2D eigenvalue weighted by Gasteiger charge is -2.42. The van der Waals surface area contributed by atoms with Crippen molar-refractivity contribution in [3.8, 4) is 0 Å². The lowest BCUT2D eigenvalue weighted by Crippen LogP contribution is -2.59. The molecule has 5 heteroatoms. The van der Waals surface area contributed by atoms with Crippen LogP contribution < -0.4 is 5.32 Å². The maximum absolute atomic E-state index is 10.6. The molecule has 1 atom stereocenters. The molecule has 1 rings (SSSR count). The number of aliphatic hydroxyl groups excluding tert-OH is 1. The number of aliphatic hydroxyl groups is 2. The first kappa shape index (κ1) is 11.4. The Balaban J connectivity index is 2.43. The summed E-state index contributed by atoms with van der Waals surface area (Å²) < 4.78 is 0. The van der Waals surface area contributed by atoms with Crippen LogP contribution in [0.25, 0.3) is 0 Å². The van der Waals surface area contributed by atoms with E-state index in [4.69, 9.17) is 10.2 Å². The van der Waals surface area contributed by atoms with Gasteiger partial charge in [0.2, 0.25) is 0 Å². The third-order valence-corrected chi connectivity index (χ3v) is 2.88. The Bertz CT molecular complexity index is 217. The summed E-state index contributed by atoms with van der Waals surface area (Å²) in [6.07, 6.45) is 2.70. The van der Waals surface area contributed by atoms with Crippen molar-refractivity contribution in [1.29, 1.82) is 0 Å². The second-order valence-corrected chi connectivity index (χ2v) is 4.22. The largest absolute Gasteiger partial charge is 0.479 e. The highest BCUT2D eigenvalue weighted by Gasteiger charge is 2.39. The monoisotopic (exact) mass is 203 g/mol. The summed E-state index contributed by atoms with van der Waals surface area (Å²) in [7, 11) is 0. The summed E-state index contributed by atoms with van der Waals surface area (Å²) in [5, 5.41) is 30.1. The molecule has 1 fully saturated rings. The molecule has 0 aromatic heterocycles. The van der Waals surface area contributed by atoms with Crippen LogP contribution in [-0.2, 0) is 4.79 Å². The number of carboxylic acids is 1. The van der Waals surface area contributed by atoms with Crippen molar-refractivity contribution in [2.24, 2.45) is 0 Å². The fraction of sp³-hybridized carbons (Fsp3) is 0.889. The summed E-state index contributed by atoms with van der Waals surface area (Å²) in [4.78, 5) is 10.6. The maximum Gasteiger partial charge on any atom is 0.336 e. The van der Waals surface area contributed by atoms with Crippen LogP contribution in [0.1, 0.15) is 26.2 Å². The van der Waals surface area contributed by atoms with E-state index in [2.05, 4.69) is 5.32 Å². The molecule has 0 bridgehead atoms. The van der Waals surface area contributed by atoms with Crippen LogP contribution in [0.3, 0.4) is 0 Å². The quantitative estimate of drug-likeness (QED) is 0.475. The molecule has 14 heavy (non-hydrogen) atoms. The zero-order chi connectivity index (χ0) is 10.8. The molecular formula is C9H17NO4. The second-order valence-electron chi connectivity index (χ2n) is 4.22. The van der Waals surface area contributed by atoms with Gasteiger partial charge in [0.15, 0.2) is 5.60 Å². The normalized spacial score (nSPS) is 23.6. The average molecular weight is 203 g/mol. The van der Waals surface area contributed by atoms with Gasteiger partial charge in [0, 0.05) is 12.1 Å². The lowest BCUT2D eigenvalue weighted by molar-refractivity contribution is -0.156. The Labute approximate surface area is 82.7 Å². The van der Waals surface area contributed by atoms with E-state index >= 15 is 0 Å². The van der Waals surface area contributed by atoms with E-state index in [0.717, 1.165) is 19.3 Å². The molecule has 0 aromatic rings. The molecule has 1 aliphatic carbocycles. The van der Waals surface area contributed by atoms with Gasteiger partial charge in [-0.3, -0.25) is 0 Å². The third-order valence-electron chi connectivity index (χ3n) is 2.88. The van der Waals surface area contributed by atoms with Gasteiger partial charge in [-0.25, -0.2) is 4.79 Å². The molecular weight excluding hydrogens is 186 g/mol. The Morgan fingerprint density at radius 1 is 1.57 bits per heavy atom. The number of carbonyl (C=O) groups is 1. The van der Waals surface area contributed by atoms with Crippen LogP contribution in [0.2, 0.25) is 0 Å². The molecule has 0 aliphatic heterocycles. The molecule has 1 saturated carbocycles.